The summed E-state index contributed by atoms with van der Waals surface area (Å²) in [4.78, 5) is 0. The molecule has 15 heavy (non-hydrogen) atoms. The Bertz CT molecular complexity index is 319. The monoisotopic (exact) mass is 268 g/mol. The van der Waals surface area contributed by atoms with Crippen molar-refractivity contribution < 1.29 is 0 Å². The summed E-state index contributed by atoms with van der Waals surface area (Å²) in [6.07, 6.45) is 2.43. The summed E-state index contributed by atoms with van der Waals surface area (Å²) in [5.74, 6) is 0.661. The fraction of sp³-hybridized carbons (Fsp3) is 0.500. The second kappa shape index (κ2) is 5.10. The first-order chi connectivity index (χ1) is 7.29. The van der Waals surface area contributed by atoms with E-state index in [0.29, 0.717) is 12.0 Å². The third-order valence-corrected chi connectivity index (χ3v) is 3.59. The average molecular weight is 269 g/mol. The molecule has 1 aliphatic rings. The van der Waals surface area contributed by atoms with E-state index < -0.39 is 0 Å². The van der Waals surface area contributed by atoms with Gasteiger partial charge in [-0.3, -0.25) is 0 Å². The van der Waals surface area contributed by atoms with Crippen molar-refractivity contribution in [2.24, 2.45) is 11.7 Å². The lowest BCUT2D eigenvalue weighted by Crippen LogP contribution is -2.36. The minimum absolute atomic E-state index is 0.505. The highest BCUT2D eigenvalue weighted by atomic mass is 79.9. The molecule has 82 valence electrons. The maximum absolute atomic E-state index is 5.66. The summed E-state index contributed by atoms with van der Waals surface area (Å²) in [5, 5.41) is 3.56. The maximum atomic E-state index is 5.66. The summed E-state index contributed by atoms with van der Waals surface area (Å²) in [7, 11) is 0. The Morgan fingerprint density at radius 3 is 2.87 bits per heavy atom. The van der Waals surface area contributed by atoms with E-state index >= 15 is 0 Å². The van der Waals surface area contributed by atoms with E-state index in [2.05, 4.69) is 45.5 Å². The quantitative estimate of drug-likeness (QED) is 0.865. The number of piperidine rings is 1. The molecule has 1 fully saturated rings. The third-order valence-electron chi connectivity index (χ3n) is 3.10. The van der Waals surface area contributed by atoms with Gasteiger partial charge in [-0.05, 0) is 49.5 Å². The molecule has 1 heterocycles. The van der Waals surface area contributed by atoms with Crippen LogP contribution >= 0.6 is 15.9 Å². The smallest absolute Gasteiger partial charge is 0.0320 e. The van der Waals surface area contributed by atoms with Crippen molar-refractivity contribution in [3.05, 3.63) is 34.3 Å². The minimum atomic E-state index is 0.505. The van der Waals surface area contributed by atoms with Crippen molar-refractivity contribution in [3.8, 4) is 0 Å². The minimum Gasteiger partial charge on any atom is -0.330 e. The highest BCUT2D eigenvalue weighted by Crippen LogP contribution is 2.26. The predicted octanol–water partition coefficient (Wildman–Crippen LogP) is 2.45. The van der Waals surface area contributed by atoms with E-state index in [4.69, 9.17) is 5.73 Å². The molecule has 0 aliphatic carbocycles. The molecule has 1 aromatic carbocycles. The van der Waals surface area contributed by atoms with Gasteiger partial charge < -0.3 is 11.1 Å². The van der Waals surface area contributed by atoms with Crippen LogP contribution in [-0.4, -0.2) is 13.1 Å². The van der Waals surface area contributed by atoms with Crippen LogP contribution in [-0.2, 0) is 0 Å². The van der Waals surface area contributed by atoms with Crippen LogP contribution in [0.25, 0.3) is 0 Å². The fourth-order valence-electron chi connectivity index (χ4n) is 2.12. The van der Waals surface area contributed by atoms with Crippen LogP contribution in [0.4, 0.5) is 0 Å². The van der Waals surface area contributed by atoms with Crippen LogP contribution in [0.5, 0.6) is 0 Å². The van der Waals surface area contributed by atoms with Gasteiger partial charge in [-0.25, -0.2) is 0 Å². The van der Waals surface area contributed by atoms with Crippen LogP contribution in [0, 0.1) is 5.92 Å². The number of nitrogens with two attached hydrogens (primary N) is 1. The first-order valence-electron chi connectivity index (χ1n) is 5.48. The van der Waals surface area contributed by atoms with Crippen molar-refractivity contribution in [3.63, 3.8) is 0 Å². The molecule has 0 radical (unpaired) electrons. The Hall–Kier alpha value is -0.380. The van der Waals surface area contributed by atoms with E-state index in [1.807, 2.05) is 0 Å². The molecule has 0 spiro atoms. The number of nitrogens with one attached hydrogen (secondary N) is 1. The summed E-state index contributed by atoms with van der Waals surface area (Å²) in [6.45, 7) is 1.85. The van der Waals surface area contributed by atoms with Crippen LogP contribution in [0.15, 0.2) is 28.7 Å². The van der Waals surface area contributed by atoms with Gasteiger partial charge in [0.25, 0.3) is 0 Å². The second-order valence-electron chi connectivity index (χ2n) is 4.19. The van der Waals surface area contributed by atoms with Crippen molar-refractivity contribution >= 4 is 15.9 Å². The van der Waals surface area contributed by atoms with Gasteiger partial charge in [0, 0.05) is 10.5 Å². The highest BCUT2D eigenvalue weighted by molar-refractivity contribution is 9.10. The van der Waals surface area contributed by atoms with E-state index in [1.165, 1.54) is 18.4 Å². The van der Waals surface area contributed by atoms with E-state index in [9.17, 15) is 0 Å². The molecule has 0 amide bonds. The average Bonchev–Trinajstić information content (AvgIpc) is 2.29. The van der Waals surface area contributed by atoms with Gasteiger partial charge >= 0.3 is 0 Å². The molecular formula is C12H17BrN2. The highest BCUT2D eigenvalue weighted by Gasteiger charge is 2.20. The Labute approximate surface area is 99.4 Å². The van der Waals surface area contributed by atoms with Crippen LogP contribution in [0.1, 0.15) is 24.4 Å². The molecule has 3 N–H and O–H groups in total. The van der Waals surface area contributed by atoms with Crippen molar-refractivity contribution in [2.45, 2.75) is 18.9 Å². The third kappa shape index (κ3) is 2.80. The molecule has 1 saturated heterocycles. The van der Waals surface area contributed by atoms with Crippen LogP contribution < -0.4 is 11.1 Å². The van der Waals surface area contributed by atoms with E-state index in [-0.39, 0.29) is 0 Å². The zero-order chi connectivity index (χ0) is 10.7. The van der Waals surface area contributed by atoms with E-state index in [0.717, 1.165) is 17.6 Å². The Kier molecular flexibility index (Phi) is 3.78. The molecule has 1 aliphatic heterocycles. The lowest BCUT2D eigenvalue weighted by atomic mass is 9.91. The van der Waals surface area contributed by atoms with Crippen LogP contribution in [0.2, 0.25) is 0 Å². The molecule has 2 atom stereocenters. The molecule has 0 aromatic heterocycles. The SMILES string of the molecule is NCC1CCC(c2cccc(Br)c2)NC1. The predicted molar refractivity (Wildman–Crippen MR) is 66.7 cm³/mol. The Morgan fingerprint density at radius 1 is 1.40 bits per heavy atom. The van der Waals surface area contributed by atoms with Gasteiger partial charge in [-0.1, -0.05) is 28.1 Å². The number of hydrogen-bond donors (Lipinski definition) is 2. The molecule has 2 nitrogen and oxygen atoms in total. The van der Waals surface area contributed by atoms with Gasteiger partial charge in [0.15, 0.2) is 0 Å². The molecule has 0 bridgehead atoms. The van der Waals surface area contributed by atoms with Gasteiger partial charge in [0.05, 0.1) is 0 Å². The van der Waals surface area contributed by atoms with Crippen molar-refractivity contribution in [1.29, 1.82) is 0 Å². The normalized spacial score (nSPS) is 26.5. The first-order valence-corrected chi connectivity index (χ1v) is 6.28. The molecule has 2 rings (SSSR count). The summed E-state index contributed by atoms with van der Waals surface area (Å²) in [6, 6.07) is 9.04. The molecule has 3 heteroatoms. The van der Waals surface area contributed by atoms with Gasteiger partial charge in [0.2, 0.25) is 0 Å². The second-order valence-corrected chi connectivity index (χ2v) is 5.11. The van der Waals surface area contributed by atoms with Crippen LogP contribution in [0.3, 0.4) is 0 Å². The van der Waals surface area contributed by atoms with Crippen molar-refractivity contribution in [1.82, 2.24) is 5.32 Å². The van der Waals surface area contributed by atoms with E-state index in [1.54, 1.807) is 0 Å². The Balaban J connectivity index is 2.01. The maximum Gasteiger partial charge on any atom is 0.0320 e. The largest absolute Gasteiger partial charge is 0.330 e. The van der Waals surface area contributed by atoms with Crippen molar-refractivity contribution in [2.75, 3.05) is 13.1 Å². The fourth-order valence-corrected chi connectivity index (χ4v) is 2.54. The first kappa shape index (κ1) is 11.1. The molecule has 2 unspecified atom stereocenters. The van der Waals surface area contributed by atoms with Gasteiger partial charge in [-0.15, -0.1) is 0 Å². The summed E-state index contributed by atoms with van der Waals surface area (Å²) >= 11 is 3.51. The Morgan fingerprint density at radius 2 is 2.27 bits per heavy atom. The number of hydrogen-bond acceptors (Lipinski definition) is 2. The zero-order valence-corrected chi connectivity index (χ0v) is 10.3. The van der Waals surface area contributed by atoms with Gasteiger partial charge in [0.1, 0.15) is 0 Å². The standard InChI is InChI=1S/C12H17BrN2/c13-11-3-1-2-10(6-11)12-5-4-9(7-14)8-15-12/h1-3,6,9,12,15H,4-5,7-8,14H2. The van der Waals surface area contributed by atoms with Gasteiger partial charge in [-0.2, -0.15) is 0 Å². The zero-order valence-electron chi connectivity index (χ0n) is 8.75. The summed E-state index contributed by atoms with van der Waals surface area (Å²) < 4.78 is 1.16. The lowest BCUT2D eigenvalue weighted by Gasteiger charge is -2.29. The molecule has 0 saturated carbocycles. The number of benzene rings is 1. The molecule has 1 aromatic rings. The topological polar surface area (TPSA) is 38.0 Å². The number of rotatable bonds is 2. The lowest BCUT2D eigenvalue weighted by molar-refractivity contribution is 0.320. The summed E-state index contributed by atoms with van der Waals surface area (Å²) in [5.41, 5.74) is 7.04. The molecular weight excluding hydrogens is 252 g/mol. The number of halogens is 1.